The number of nitrogens with one attached hydrogen (secondary N) is 1. The molecule has 2 N–H and O–H groups in total. The Morgan fingerprint density at radius 3 is 2.42 bits per heavy atom. The Morgan fingerprint density at radius 1 is 1.13 bits per heavy atom. The first-order valence-corrected chi connectivity index (χ1v) is 14.0. The molecule has 178 valence electrons. The lowest BCUT2D eigenvalue weighted by Crippen LogP contribution is -2.59. The zero-order valence-electron chi connectivity index (χ0n) is 17.9. The van der Waals surface area contributed by atoms with Crippen LogP contribution in [0.2, 0.25) is 0 Å². The zero-order valence-corrected chi connectivity index (χ0v) is 19.5. The highest BCUT2D eigenvalue weighted by molar-refractivity contribution is 7.89. The number of rotatable bonds is 4. The number of carbonyl (C=O) groups excluding carboxylic acids is 1. The quantitative estimate of drug-likeness (QED) is 0.592. The van der Waals surface area contributed by atoms with Crippen molar-refractivity contribution in [3.63, 3.8) is 0 Å². The standard InChI is InChI=1S/C19H32FN3O6S2/c1-11(2)30(26,27)22-6-5-14(9-22)12-3-4-13-8-16(24)19(18(20)15(13)7-12)23-10-17(25)21-31(23,28)29/h11-16,18-19,24H,3-10H2,1-2H3,(H,21,25). The van der Waals surface area contributed by atoms with Gasteiger partial charge < -0.3 is 5.11 Å². The third kappa shape index (κ3) is 4.14. The minimum atomic E-state index is -4.14. The Kier molecular flexibility index (Phi) is 6.17. The van der Waals surface area contributed by atoms with Gasteiger partial charge in [-0.15, -0.1) is 0 Å². The van der Waals surface area contributed by atoms with Crippen molar-refractivity contribution in [3.8, 4) is 0 Å². The van der Waals surface area contributed by atoms with Crippen molar-refractivity contribution in [2.75, 3.05) is 19.6 Å². The number of hydrogen-bond acceptors (Lipinski definition) is 6. The van der Waals surface area contributed by atoms with Gasteiger partial charge in [-0.3, -0.25) is 4.79 Å². The van der Waals surface area contributed by atoms with E-state index in [1.165, 1.54) is 0 Å². The average Bonchev–Trinajstić information content (AvgIpc) is 3.26. The molecule has 2 aliphatic heterocycles. The number of sulfonamides is 1. The Morgan fingerprint density at radius 2 is 1.81 bits per heavy atom. The van der Waals surface area contributed by atoms with Gasteiger partial charge in [0.05, 0.1) is 23.9 Å². The van der Waals surface area contributed by atoms with E-state index in [9.17, 15) is 26.7 Å². The molecule has 2 saturated carbocycles. The third-order valence-electron chi connectivity index (χ3n) is 7.76. The van der Waals surface area contributed by atoms with Crippen LogP contribution >= 0.6 is 0 Å². The lowest BCUT2D eigenvalue weighted by atomic mass is 9.62. The summed E-state index contributed by atoms with van der Waals surface area (Å²) < 4.78 is 69.3. The zero-order chi connectivity index (χ0) is 22.7. The van der Waals surface area contributed by atoms with Gasteiger partial charge in [0.1, 0.15) is 6.17 Å². The summed E-state index contributed by atoms with van der Waals surface area (Å²) in [6.45, 7) is 3.79. The minimum Gasteiger partial charge on any atom is -0.391 e. The monoisotopic (exact) mass is 481 g/mol. The second kappa shape index (κ2) is 8.19. The molecule has 4 fully saturated rings. The van der Waals surface area contributed by atoms with Crippen molar-refractivity contribution in [2.45, 2.75) is 69.5 Å². The topological polar surface area (TPSA) is 124 Å². The Balaban J connectivity index is 1.47. The molecule has 7 unspecified atom stereocenters. The number of halogens is 1. The molecule has 0 spiro atoms. The van der Waals surface area contributed by atoms with Crippen LogP contribution in [0.1, 0.15) is 46.0 Å². The summed E-state index contributed by atoms with van der Waals surface area (Å²) in [6.07, 6.45) is 0.455. The first-order valence-electron chi connectivity index (χ1n) is 11.0. The van der Waals surface area contributed by atoms with E-state index < -0.39 is 62.2 Å². The number of carbonyl (C=O) groups is 1. The highest BCUT2D eigenvalue weighted by Gasteiger charge is 2.54. The van der Waals surface area contributed by atoms with Gasteiger partial charge in [0.2, 0.25) is 15.9 Å². The van der Waals surface area contributed by atoms with E-state index in [1.807, 2.05) is 4.72 Å². The van der Waals surface area contributed by atoms with Crippen molar-refractivity contribution in [2.24, 2.45) is 23.7 Å². The third-order valence-corrected chi connectivity index (χ3v) is 11.5. The number of nitrogens with zero attached hydrogens (tertiary/aromatic N) is 2. The molecule has 4 rings (SSSR count). The summed E-state index contributed by atoms with van der Waals surface area (Å²) in [5, 5.41) is 10.1. The molecule has 0 aromatic heterocycles. The molecule has 0 aromatic rings. The van der Waals surface area contributed by atoms with Crippen molar-refractivity contribution in [1.82, 2.24) is 13.3 Å². The highest BCUT2D eigenvalue weighted by atomic mass is 32.2. The summed E-state index contributed by atoms with van der Waals surface area (Å²) in [7, 11) is -7.45. The fourth-order valence-electron chi connectivity index (χ4n) is 6.07. The van der Waals surface area contributed by atoms with Gasteiger partial charge in [0, 0.05) is 13.1 Å². The first kappa shape index (κ1) is 23.3. The predicted octanol–water partition coefficient (Wildman–Crippen LogP) is 0.227. The van der Waals surface area contributed by atoms with Gasteiger partial charge >= 0.3 is 10.2 Å². The summed E-state index contributed by atoms with van der Waals surface area (Å²) in [5.41, 5.74) is 0. The lowest BCUT2D eigenvalue weighted by molar-refractivity contribution is -0.120. The summed E-state index contributed by atoms with van der Waals surface area (Å²) in [6, 6.07) is -1.27. The van der Waals surface area contributed by atoms with Crippen LogP contribution in [-0.4, -0.2) is 79.7 Å². The maximum absolute atomic E-state index is 15.7. The van der Waals surface area contributed by atoms with Gasteiger partial charge in [-0.2, -0.15) is 12.7 Å². The molecule has 2 heterocycles. The van der Waals surface area contributed by atoms with Crippen LogP contribution in [0.4, 0.5) is 4.39 Å². The van der Waals surface area contributed by atoms with Crippen LogP contribution in [-0.2, 0) is 25.0 Å². The number of alkyl halides is 1. The number of fused-ring (bicyclic) bond motifs is 1. The van der Waals surface area contributed by atoms with Crippen LogP contribution in [0, 0.1) is 23.7 Å². The van der Waals surface area contributed by atoms with E-state index in [4.69, 9.17) is 0 Å². The van der Waals surface area contributed by atoms with Gasteiger partial charge in [-0.25, -0.2) is 21.8 Å². The molecule has 2 aliphatic carbocycles. The van der Waals surface area contributed by atoms with Crippen molar-refractivity contribution in [1.29, 1.82) is 0 Å². The van der Waals surface area contributed by atoms with Crippen LogP contribution < -0.4 is 4.72 Å². The molecular weight excluding hydrogens is 449 g/mol. The van der Waals surface area contributed by atoms with Gasteiger partial charge in [-0.05, 0) is 69.6 Å². The minimum absolute atomic E-state index is 0.0385. The molecule has 31 heavy (non-hydrogen) atoms. The fourth-order valence-corrected chi connectivity index (χ4v) is 8.76. The molecule has 7 atom stereocenters. The molecule has 12 heteroatoms. The average molecular weight is 482 g/mol. The lowest BCUT2D eigenvalue weighted by Gasteiger charge is -2.48. The highest BCUT2D eigenvalue weighted by Crippen LogP contribution is 2.49. The second-order valence-corrected chi connectivity index (χ2v) is 13.9. The summed E-state index contributed by atoms with van der Waals surface area (Å²) in [4.78, 5) is 11.6. The van der Waals surface area contributed by atoms with Gasteiger partial charge in [0.25, 0.3) is 0 Å². The van der Waals surface area contributed by atoms with E-state index >= 15 is 4.39 Å². The van der Waals surface area contributed by atoms with Crippen molar-refractivity contribution in [3.05, 3.63) is 0 Å². The van der Waals surface area contributed by atoms with Crippen LogP contribution in [0.25, 0.3) is 0 Å². The Labute approximate surface area is 183 Å². The van der Waals surface area contributed by atoms with E-state index in [1.54, 1.807) is 18.2 Å². The number of hydrogen-bond donors (Lipinski definition) is 2. The molecule has 0 bridgehead atoms. The van der Waals surface area contributed by atoms with Crippen LogP contribution in [0.3, 0.4) is 0 Å². The van der Waals surface area contributed by atoms with Crippen LogP contribution in [0.5, 0.6) is 0 Å². The largest absolute Gasteiger partial charge is 0.391 e. The number of aliphatic hydroxyl groups is 1. The fraction of sp³-hybridized carbons (Fsp3) is 0.947. The second-order valence-electron chi connectivity index (χ2n) is 9.81. The Bertz CT molecular complexity index is 927. The molecule has 0 aromatic carbocycles. The number of amides is 1. The summed E-state index contributed by atoms with van der Waals surface area (Å²) in [5.74, 6) is -0.846. The van der Waals surface area contributed by atoms with Gasteiger partial charge in [0.15, 0.2) is 0 Å². The Hall–Kier alpha value is -0.820. The maximum Gasteiger partial charge on any atom is 0.304 e. The predicted molar refractivity (Wildman–Crippen MR) is 111 cm³/mol. The first-order chi connectivity index (χ1) is 14.4. The normalized spacial score (nSPS) is 42.0. The molecule has 2 saturated heterocycles. The van der Waals surface area contributed by atoms with E-state index in [-0.39, 0.29) is 17.8 Å². The van der Waals surface area contributed by atoms with Crippen LogP contribution in [0.15, 0.2) is 0 Å². The molecule has 4 aliphatic rings. The number of aliphatic hydroxyl groups excluding tert-OH is 1. The van der Waals surface area contributed by atoms with Crippen molar-refractivity contribution >= 4 is 26.1 Å². The molecule has 1 amide bonds. The van der Waals surface area contributed by atoms with Crippen molar-refractivity contribution < 1.29 is 31.1 Å². The molecule has 9 nitrogen and oxygen atoms in total. The van der Waals surface area contributed by atoms with E-state index in [0.717, 1.165) is 23.6 Å². The summed E-state index contributed by atoms with van der Waals surface area (Å²) >= 11 is 0. The van der Waals surface area contributed by atoms with E-state index in [2.05, 4.69) is 0 Å². The van der Waals surface area contributed by atoms with E-state index in [0.29, 0.717) is 25.9 Å². The molecular formula is C19H32FN3O6S2. The maximum atomic E-state index is 15.7. The SMILES string of the molecule is CC(C)S(=O)(=O)N1CCC(C2CCC3CC(O)C(N4CC(=O)NS4(=O)=O)C(F)C3C2)C1. The smallest absolute Gasteiger partial charge is 0.304 e. The molecule has 0 radical (unpaired) electrons. The van der Waals surface area contributed by atoms with Gasteiger partial charge in [-0.1, -0.05) is 0 Å².